The smallest absolute Gasteiger partial charge is 0.225 e. The molecule has 0 aromatic carbocycles. The first-order valence-corrected chi connectivity index (χ1v) is 4.82. The summed E-state index contributed by atoms with van der Waals surface area (Å²) in [4.78, 5) is 11.4. The molecular formula is C9H18ClNO. The number of alkyl halides is 1. The first-order chi connectivity index (χ1) is 5.41. The van der Waals surface area contributed by atoms with Crippen LogP contribution in [0.25, 0.3) is 0 Å². The third kappa shape index (κ3) is 3.96. The van der Waals surface area contributed by atoms with Gasteiger partial charge >= 0.3 is 0 Å². The van der Waals surface area contributed by atoms with Crippen molar-refractivity contribution in [3.8, 4) is 0 Å². The maximum absolute atomic E-state index is 11.4. The molecule has 0 aliphatic heterocycles. The fourth-order valence-electron chi connectivity index (χ4n) is 0.652. The van der Waals surface area contributed by atoms with Crippen LogP contribution in [0.3, 0.4) is 0 Å². The van der Waals surface area contributed by atoms with Crippen molar-refractivity contribution >= 4 is 17.5 Å². The second-order valence-corrected chi connectivity index (χ2v) is 4.29. The number of amides is 1. The van der Waals surface area contributed by atoms with Crippen molar-refractivity contribution in [3.63, 3.8) is 0 Å². The zero-order valence-corrected chi connectivity index (χ0v) is 9.03. The number of nitrogens with one attached hydrogen (secondary N) is 1. The Morgan fingerprint density at radius 2 is 2.00 bits per heavy atom. The highest BCUT2D eigenvalue weighted by atomic mass is 35.5. The van der Waals surface area contributed by atoms with Crippen molar-refractivity contribution in [1.29, 1.82) is 0 Å². The minimum Gasteiger partial charge on any atom is -0.352 e. The second-order valence-electron chi connectivity index (χ2n) is 3.98. The molecule has 0 saturated carbocycles. The minimum absolute atomic E-state index is 0.0648. The SMILES string of the molecule is CCC(CCl)NC(=O)C(C)(C)C. The molecule has 0 rings (SSSR count). The lowest BCUT2D eigenvalue weighted by molar-refractivity contribution is -0.129. The van der Waals surface area contributed by atoms with Crippen molar-refractivity contribution in [2.75, 3.05) is 5.88 Å². The zero-order valence-electron chi connectivity index (χ0n) is 8.28. The maximum Gasteiger partial charge on any atom is 0.225 e. The summed E-state index contributed by atoms with van der Waals surface area (Å²) in [5.41, 5.74) is -0.320. The molecule has 1 unspecified atom stereocenters. The number of hydrogen-bond acceptors (Lipinski definition) is 1. The number of carbonyl (C=O) groups is 1. The molecule has 0 radical (unpaired) electrons. The van der Waals surface area contributed by atoms with Gasteiger partial charge in [-0.1, -0.05) is 27.7 Å². The molecule has 0 aliphatic rings. The van der Waals surface area contributed by atoms with E-state index >= 15 is 0 Å². The first-order valence-electron chi connectivity index (χ1n) is 4.28. The molecule has 0 bridgehead atoms. The fraction of sp³-hybridized carbons (Fsp3) is 0.889. The summed E-state index contributed by atoms with van der Waals surface area (Å²) >= 11 is 5.65. The van der Waals surface area contributed by atoms with E-state index in [0.717, 1.165) is 6.42 Å². The van der Waals surface area contributed by atoms with Crippen molar-refractivity contribution in [2.24, 2.45) is 5.41 Å². The fourth-order valence-corrected chi connectivity index (χ4v) is 0.947. The van der Waals surface area contributed by atoms with Crippen LogP contribution in [0.4, 0.5) is 0 Å². The average molecular weight is 192 g/mol. The lowest BCUT2D eigenvalue weighted by Crippen LogP contribution is -2.42. The molecule has 0 aromatic heterocycles. The van der Waals surface area contributed by atoms with Gasteiger partial charge in [0.2, 0.25) is 5.91 Å². The molecule has 0 spiro atoms. The van der Waals surface area contributed by atoms with E-state index in [1.165, 1.54) is 0 Å². The topological polar surface area (TPSA) is 29.1 Å². The predicted octanol–water partition coefficient (Wildman–Crippen LogP) is 2.17. The summed E-state index contributed by atoms with van der Waals surface area (Å²) in [7, 11) is 0. The molecule has 1 N–H and O–H groups in total. The molecule has 1 amide bonds. The van der Waals surface area contributed by atoms with Gasteiger partial charge in [-0.2, -0.15) is 0 Å². The Labute approximate surface area is 79.7 Å². The van der Waals surface area contributed by atoms with Gasteiger partial charge in [-0.05, 0) is 6.42 Å². The summed E-state index contributed by atoms with van der Waals surface area (Å²) in [6.45, 7) is 7.69. The molecular weight excluding hydrogens is 174 g/mol. The van der Waals surface area contributed by atoms with Crippen LogP contribution < -0.4 is 5.32 Å². The molecule has 3 heteroatoms. The molecule has 0 aromatic rings. The van der Waals surface area contributed by atoms with Crippen molar-refractivity contribution in [3.05, 3.63) is 0 Å². The Kier molecular flexibility index (Phi) is 4.61. The van der Waals surface area contributed by atoms with E-state index in [-0.39, 0.29) is 17.4 Å². The average Bonchev–Trinajstić information content (AvgIpc) is 1.97. The third-order valence-corrected chi connectivity index (χ3v) is 2.07. The predicted molar refractivity (Wildman–Crippen MR) is 52.4 cm³/mol. The van der Waals surface area contributed by atoms with E-state index in [1.54, 1.807) is 0 Å². The highest BCUT2D eigenvalue weighted by Gasteiger charge is 2.22. The largest absolute Gasteiger partial charge is 0.352 e. The van der Waals surface area contributed by atoms with Crippen LogP contribution in [0.1, 0.15) is 34.1 Å². The standard InChI is InChI=1S/C9H18ClNO/c1-5-7(6-10)11-8(12)9(2,3)4/h7H,5-6H2,1-4H3,(H,11,12). The summed E-state index contributed by atoms with van der Waals surface area (Å²) in [5.74, 6) is 0.549. The summed E-state index contributed by atoms with van der Waals surface area (Å²) in [6.07, 6.45) is 0.880. The van der Waals surface area contributed by atoms with Crippen molar-refractivity contribution in [1.82, 2.24) is 5.32 Å². The van der Waals surface area contributed by atoms with Gasteiger partial charge in [0.1, 0.15) is 0 Å². The molecule has 0 heterocycles. The highest BCUT2D eigenvalue weighted by molar-refractivity contribution is 6.18. The van der Waals surface area contributed by atoms with Crippen molar-refractivity contribution in [2.45, 2.75) is 40.2 Å². The van der Waals surface area contributed by atoms with E-state index in [0.29, 0.717) is 5.88 Å². The van der Waals surface area contributed by atoms with Crippen LogP contribution in [-0.4, -0.2) is 17.8 Å². The lowest BCUT2D eigenvalue weighted by atomic mass is 9.95. The van der Waals surface area contributed by atoms with Gasteiger partial charge in [0.25, 0.3) is 0 Å². The van der Waals surface area contributed by atoms with Crippen LogP contribution in [0.15, 0.2) is 0 Å². The van der Waals surface area contributed by atoms with Crippen LogP contribution in [0.5, 0.6) is 0 Å². The lowest BCUT2D eigenvalue weighted by Gasteiger charge is -2.21. The highest BCUT2D eigenvalue weighted by Crippen LogP contribution is 2.13. The van der Waals surface area contributed by atoms with Crippen molar-refractivity contribution < 1.29 is 4.79 Å². The van der Waals surface area contributed by atoms with E-state index in [1.807, 2.05) is 27.7 Å². The van der Waals surface area contributed by atoms with Gasteiger partial charge in [-0.25, -0.2) is 0 Å². The molecule has 12 heavy (non-hydrogen) atoms. The van der Waals surface area contributed by atoms with Gasteiger partial charge < -0.3 is 5.32 Å². The Bertz CT molecular complexity index is 147. The molecule has 2 nitrogen and oxygen atoms in total. The Morgan fingerprint density at radius 1 is 1.50 bits per heavy atom. The number of rotatable bonds is 3. The zero-order chi connectivity index (χ0) is 9.78. The molecule has 0 saturated heterocycles. The van der Waals surface area contributed by atoms with E-state index in [9.17, 15) is 4.79 Å². The van der Waals surface area contributed by atoms with E-state index < -0.39 is 0 Å². The molecule has 0 aliphatic carbocycles. The third-order valence-electron chi connectivity index (χ3n) is 1.70. The Morgan fingerprint density at radius 3 is 2.25 bits per heavy atom. The summed E-state index contributed by atoms with van der Waals surface area (Å²) in [5, 5.41) is 2.89. The van der Waals surface area contributed by atoms with Crippen LogP contribution in [-0.2, 0) is 4.79 Å². The van der Waals surface area contributed by atoms with Crippen LogP contribution >= 0.6 is 11.6 Å². The van der Waals surface area contributed by atoms with Gasteiger partial charge in [-0.3, -0.25) is 4.79 Å². The molecule has 1 atom stereocenters. The minimum atomic E-state index is -0.320. The number of carbonyl (C=O) groups excluding carboxylic acids is 1. The summed E-state index contributed by atoms with van der Waals surface area (Å²) < 4.78 is 0. The van der Waals surface area contributed by atoms with Gasteiger partial charge in [-0.15, -0.1) is 11.6 Å². The normalized spacial score (nSPS) is 14.1. The van der Waals surface area contributed by atoms with Crippen LogP contribution in [0, 0.1) is 5.41 Å². The monoisotopic (exact) mass is 191 g/mol. The maximum atomic E-state index is 11.4. The second kappa shape index (κ2) is 4.70. The Balaban J connectivity index is 3.99. The quantitative estimate of drug-likeness (QED) is 0.681. The molecule has 72 valence electrons. The van der Waals surface area contributed by atoms with Gasteiger partial charge in [0.15, 0.2) is 0 Å². The summed E-state index contributed by atoms with van der Waals surface area (Å²) in [6, 6.07) is 0.110. The van der Waals surface area contributed by atoms with Gasteiger partial charge in [0.05, 0.1) is 0 Å². The first kappa shape index (κ1) is 11.8. The van der Waals surface area contributed by atoms with E-state index in [4.69, 9.17) is 11.6 Å². The molecule has 0 fully saturated rings. The Hall–Kier alpha value is -0.240. The van der Waals surface area contributed by atoms with Crippen LogP contribution in [0.2, 0.25) is 0 Å². The van der Waals surface area contributed by atoms with E-state index in [2.05, 4.69) is 5.32 Å². The number of hydrogen-bond donors (Lipinski definition) is 1. The van der Waals surface area contributed by atoms with Gasteiger partial charge in [0, 0.05) is 17.3 Å². The number of halogens is 1.